The summed E-state index contributed by atoms with van der Waals surface area (Å²) in [4.78, 5) is 13.4. The number of hydrogen-bond donors (Lipinski definition) is 1. The van der Waals surface area contributed by atoms with Crippen LogP contribution in [0.1, 0.15) is 50.8 Å². The highest BCUT2D eigenvalue weighted by Crippen LogP contribution is 2.18. The molecule has 2 unspecified atom stereocenters. The highest BCUT2D eigenvalue weighted by atomic mass is 16.2. The number of carbonyl (C=O) groups is 1. The SMILES string of the molecule is CC(NC(C)c1ccc(C(C)C)cc1)C(=O)N(C)C. The van der Waals surface area contributed by atoms with Gasteiger partial charge in [-0.1, -0.05) is 38.1 Å². The first-order valence-electron chi connectivity index (χ1n) is 6.90. The summed E-state index contributed by atoms with van der Waals surface area (Å²) in [6.07, 6.45) is 0. The molecular formula is C16H26N2O. The average Bonchev–Trinajstić information content (AvgIpc) is 2.37. The van der Waals surface area contributed by atoms with Gasteiger partial charge in [-0.15, -0.1) is 0 Å². The lowest BCUT2D eigenvalue weighted by atomic mass is 9.99. The minimum absolute atomic E-state index is 0.102. The second-order valence-corrected chi connectivity index (χ2v) is 5.66. The number of nitrogens with one attached hydrogen (secondary N) is 1. The summed E-state index contributed by atoms with van der Waals surface area (Å²) < 4.78 is 0. The van der Waals surface area contributed by atoms with Crippen molar-refractivity contribution in [2.45, 2.75) is 45.7 Å². The lowest BCUT2D eigenvalue weighted by Crippen LogP contribution is -2.42. The lowest BCUT2D eigenvalue weighted by Gasteiger charge is -2.22. The Hall–Kier alpha value is -1.35. The van der Waals surface area contributed by atoms with Gasteiger partial charge in [0, 0.05) is 20.1 Å². The molecule has 1 aromatic rings. The third kappa shape index (κ3) is 4.35. The first-order valence-corrected chi connectivity index (χ1v) is 6.90. The molecular weight excluding hydrogens is 236 g/mol. The maximum Gasteiger partial charge on any atom is 0.238 e. The fraction of sp³-hybridized carbons (Fsp3) is 0.562. The van der Waals surface area contributed by atoms with Crippen molar-refractivity contribution in [3.05, 3.63) is 35.4 Å². The van der Waals surface area contributed by atoms with E-state index < -0.39 is 0 Å². The van der Waals surface area contributed by atoms with E-state index in [0.29, 0.717) is 5.92 Å². The molecule has 0 saturated carbocycles. The number of benzene rings is 1. The Morgan fingerprint density at radius 1 is 1.00 bits per heavy atom. The number of amides is 1. The number of nitrogens with zero attached hydrogens (tertiary/aromatic N) is 1. The van der Waals surface area contributed by atoms with Crippen LogP contribution >= 0.6 is 0 Å². The van der Waals surface area contributed by atoms with Crippen molar-refractivity contribution in [1.82, 2.24) is 10.2 Å². The normalized spacial score (nSPS) is 14.3. The minimum atomic E-state index is -0.172. The Bertz CT molecular complexity index is 409. The van der Waals surface area contributed by atoms with E-state index in [1.807, 2.05) is 6.92 Å². The third-order valence-corrected chi connectivity index (χ3v) is 3.41. The maximum absolute atomic E-state index is 11.8. The topological polar surface area (TPSA) is 32.3 Å². The molecule has 0 aromatic heterocycles. The molecule has 0 fully saturated rings. The first-order chi connectivity index (χ1) is 8.82. The Balaban J connectivity index is 2.67. The van der Waals surface area contributed by atoms with Crippen LogP contribution in [0.5, 0.6) is 0 Å². The van der Waals surface area contributed by atoms with Crippen molar-refractivity contribution in [1.29, 1.82) is 0 Å². The molecule has 1 amide bonds. The monoisotopic (exact) mass is 262 g/mol. The summed E-state index contributed by atoms with van der Waals surface area (Å²) in [5.74, 6) is 0.650. The molecule has 0 bridgehead atoms. The summed E-state index contributed by atoms with van der Waals surface area (Å²) in [5, 5.41) is 3.33. The van der Waals surface area contributed by atoms with Crippen molar-refractivity contribution in [2.24, 2.45) is 0 Å². The Labute approximate surface area is 117 Å². The van der Waals surface area contributed by atoms with E-state index in [1.165, 1.54) is 11.1 Å². The number of carbonyl (C=O) groups excluding carboxylic acids is 1. The molecule has 1 rings (SSSR count). The number of rotatable bonds is 5. The zero-order valence-electron chi connectivity index (χ0n) is 12.9. The standard InChI is InChI=1S/C16H26N2O/c1-11(2)14-7-9-15(10-8-14)12(3)17-13(4)16(19)18(5)6/h7-13,17H,1-6H3. The molecule has 1 aromatic carbocycles. The molecule has 106 valence electrons. The molecule has 0 aliphatic carbocycles. The zero-order chi connectivity index (χ0) is 14.6. The van der Waals surface area contributed by atoms with Crippen molar-refractivity contribution in [3.8, 4) is 0 Å². The predicted molar refractivity (Wildman–Crippen MR) is 80.2 cm³/mol. The molecule has 1 N–H and O–H groups in total. The largest absolute Gasteiger partial charge is 0.347 e. The van der Waals surface area contributed by atoms with E-state index in [4.69, 9.17) is 0 Å². The van der Waals surface area contributed by atoms with Gasteiger partial charge in [-0.05, 0) is 30.9 Å². The zero-order valence-corrected chi connectivity index (χ0v) is 12.9. The van der Waals surface area contributed by atoms with Crippen LogP contribution in [-0.2, 0) is 4.79 Å². The first kappa shape index (κ1) is 15.7. The van der Waals surface area contributed by atoms with Crippen LogP contribution in [0.2, 0.25) is 0 Å². The van der Waals surface area contributed by atoms with Crippen LogP contribution in [0.3, 0.4) is 0 Å². The van der Waals surface area contributed by atoms with Crippen LogP contribution in [0, 0.1) is 0 Å². The van der Waals surface area contributed by atoms with Gasteiger partial charge < -0.3 is 4.90 Å². The summed E-state index contributed by atoms with van der Waals surface area (Å²) >= 11 is 0. The Morgan fingerprint density at radius 2 is 1.47 bits per heavy atom. The molecule has 19 heavy (non-hydrogen) atoms. The van der Waals surface area contributed by atoms with Gasteiger partial charge >= 0.3 is 0 Å². The minimum Gasteiger partial charge on any atom is -0.347 e. The quantitative estimate of drug-likeness (QED) is 0.885. The van der Waals surface area contributed by atoms with Gasteiger partial charge in [0.15, 0.2) is 0 Å². The smallest absolute Gasteiger partial charge is 0.238 e. The highest BCUT2D eigenvalue weighted by Gasteiger charge is 2.17. The second-order valence-electron chi connectivity index (χ2n) is 5.66. The highest BCUT2D eigenvalue weighted by molar-refractivity contribution is 5.80. The van der Waals surface area contributed by atoms with E-state index in [-0.39, 0.29) is 18.0 Å². The van der Waals surface area contributed by atoms with Crippen LogP contribution in [0.4, 0.5) is 0 Å². The number of likely N-dealkylation sites (N-methyl/N-ethyl adjacent to an activating group) is 1. The molecule has 0 saturated heterocycles. The summed E-state index contributed by atoms with van der Waals surface area (Å²) in [6.45, 7) is 8.37. The molecule has 0 aliphatic rings. The predicted octanol–water partition coefficient (Wildman–Crippen LogP) is 2.94. The fourth-order valence-corrected chi connectivity index (χ4v) is 2.10. The average molecular weight is 262 g/mol. The van der Waals surface area contributed by atoms with Crippen molar-refractivity contribution in [2.75, 3.05) is 14.1 Å². The maximum atomic E-state index is 11.8. The number of hydrogen-bond acceptors (Lipinski definition) is 2. The van der Waals surface area contributed by atoms with Crippen LogP contribution < -0.4 is 5.32 Å². The Kier molecular flexibility index (Phi) is 5.55. The van der Waals surface area contributed by atoms with Gasteiger partial charge in [-0.25, -0.2) is 0 Å². The summed E-state index contributed by atoms with van der Waals surface area (Å²) in [6, 6.07) is 8.60. The van der Waals surface area contributed by atoms with E-state index in [9.17, 15) is 4.79 Å². The van der Waals surface area contributed by atoms with E-state index in [0.717, 1.165) is 0 Å². The second kappa shape index (κ2) is 6.71. The van der Waals surface area contributed by atoms with E-state index in [2.05, 4.69) is 50.4 Å². The molecule has 0 aliphatic heterocycles. The van der Waals surface area contributed by atoms with Crippen LogP contribution in [-0.4, -0.2) is 30.9 Å². The summed E-state index contributed by atoms with van der Waals surface area (Å²) in [7, 11) is 3.56. The van der Waals surface area contributed by atoms with Crippen molar-refractivity contribution < 1.29 is 4.79 Å². The Morgan fingerprint density at radius 3 is 1.89 bits per heavy atom. The van der Waals surface area contributed by atoms with E-state index in [1.54, 1.807) is 19.0 Å². The third-order valence-electron chi connectivity index (χ3n) is 3.41. The van der Waals surface area contributed by atoms with Gasteiger partial charge in [0.25, 0.3) is 0 Å². The van der Waals surface area contributed by atoms with Crippen molar-refractivity contribution >= 4 is 5.91 Å². The van der Waals surface area contributed by atoms with Gasteiger partial charge in [0.05, 0.1) is 6.04 Å². The molecule has 0 radical (unpaired) electrons. The van der Waals surface area contributed by atoms with E-state index >= 15 is 0 Å². The molecule has 3 heteroatoms. The van der Waals surface area contributed by atoms with Crippen LogP contribution in [0.25, 0.3) is 0 Å². The lowest BCUT2D eigenvalue weighted by molar-refractivity contribution is -0.130. The van der Waals surface area contributed by atoms with Gasteiger partial charge in [-0.2, -0.15) is 0 Å². The van der Waals surface area contributed by atoms with Gasteiger partial charge in [0.2, 0.25) is 5.91 Å². The molecule has 3 nitrogen and oxygen atoms in total. The van der Waals surface area contributed by atoms with Crippen LogP contribution in [0.15, 0.2) is 24.3 Å². The molecule has 0 heterocycles. The van der Waals surface area contributed by atoms with Gasteiger partial charge in [-0.3, -0.25) is 10.1 Å². The fourth-order valence-electron chi connectivity index (χ4n) is 2.10. The van der Waals surface area contributed by atoms with Gasteiger partial charge in [0.1, 0.15) is 0 Å². The molecule has 0 spiro atoms. The summed E-state index contributed by atoms with van der Waals surface area (Å²) in [5.41, 5.74) is 2.55. The molecule has 2 atom stereocenters. The van der Waals surface area contributed by atoms with Crippen molar-refractivity contribution in [3.63, 3.8) is 0 Å².